The normalized spacial score (nSPS) is 14.6. The van der Waals surface area contributed by atoms with Crippen molar-refractivity contribution in [2.75, 3.05) is 18.0 Å². The summed E-state index contributed by atoms with van der Waals surface area (Å²) in [4.78, 5) is 0. The van der Waals surface area contributed by atoms with Crippen molar-refractivity contribution in [1.29, 1.82) is 0 Å². The molecular formula is C6H14ClNO2S2. The molecule has 0 fully saturated rings. The zero-order chi connectivity index (χ0) is 9.61. The van der Waals surface area contributed by atoms with E-state index in [4.69, 9.17) is 11.6 Å². The second-order valence-electron chi connectivity index (χ2n) is 2.45. The van der Waals surface area contributed by atoms with E-state index in [1.165, 1.54) is 0 Å². The fourth-order valence-electron chi connectivity index (χ4n) is 0.574. The van der Waals surface area contributed by atoms with E-state index in [-0.39, 0.29) is 5.21 Å². The van der Waals surface area contributed by atoms with Gasteiger partial charge in [-0.1, -0.05) is 6.92 Å². The second-order valence-corrected chi connectivity index (χ2v) is 6.12. The Morgan fingerprint density at radius 2 is 2.17 bits per heavy atom. The Labute approximate surface area is 83.3 Å². The molecule has 0 amide bonds. The average Bonchev–Trinajstić information content (AvgIpc) is 2.04. The van der Waals surface area contributed by atoms with E-state index >= 15 is 0 Å². The predicted octanol–water partition coefficient (Wildman–Crippen LogP) is 1.24. The van der Waals surface area contributed by atoms with Gasteiger partial charge < -0.3 is 0 Å². The van der Waals surface area contributed by atoms with E-state index in [1.54, 1.807) is 11.8 Å². The molecule has 0 aromatic heterocycles. The van der Waals surface area contributed by atoms with Crippen molar-refractivity contribution < 1.29 is 8.42 Å². The topological polar surface area (TPSA) is 46.2 Å². The molecule has 6 heteroatoms. The molecule has 0 saturated heterocycles. The van der Waals surface area contributed by atoms with Gasteiger partial charge in [0.2, 0.25) is 10.0 Å². The fraction of sp³-hybridized carbons (Fsp3) is 1.00. The Morgan fingerprint density at radius 3 is 2.58 bits per heavy atom. The summed E-state index contributed by atoms with van der Waals surface area (Å²) < 4.78 is 24.0. The van der Waals surface area contributed by atoms with Crippen molar-refractivity contribution in [2.24, 2.45) is 0 Å². The SMILES string of the molecule is CSC(C)CCNS(=O)(=O)CCl. The molecule has 0 aliphatic rings. The third-order valence-electron chi connectivity index (χ3n) is 1.42. The number of rotatable bonds is 6. The van der Waals surface area contributed by atoms with Crippen LogP contribution in [0.1, 0.15) is 13.3 Å². The Kier molecular flexibility index (Phi) is 6.35. The summed E-state index contributed by atoms with van der Waals surface area (Å²) in [6, 6.07) is 0. The van der Waals surface area contributed by atoms with Gasteiger partial charge in [0.1, 0.15) is 5.21 Å². The molecule has 12 heavy (non-hydrogen) atoms. The average molecular weight is 232 g/mol. The van der Waals surface area contributed by atoms with Crippen molar-refractivity contribution in [2.45, 2.75) is 18.6 Å². The third kappa shape index (κ3) is 6.11. The van der Waals surface area contributed by atoms with Crippen LogP contribution in [0.25, 0.3) is 0 Å². The molecule has 1 atom stereocenters. The summed E-state index contributed by atoms with van der Waals surface area (Å²) in [5.41, 5.74) is 0. The van der Waals surface area contributed by atoms with Crippen molar-refractivity contribution >= 4 is 33.4 Å². The minimum Gasteiger partial charge on any atom is -0.214 e. The monoisotopic (exact) mass is 231 g/mol. The molecule has 0 aliphatic carbocycles. The van der Waals surface area contributed by atoms with E-state index in [0.717, 1.165) is 6.42 Å². The summed E-state index contributed by atoms with van der Waals surface area (Å²) in [5, 5.41) is 0.115. The summed E-state index contributed by atoms with van der Waals surface area (Å²) in [6.07, 6.45) is 2.83. The zero-order valence-corrected chi connectivity index (χ0v) is 9.60. The standard InChI is InChI=1S/C6H14ClNO2S2/c1-6(11-2)3-4-8-12(9,10)5-7/h6,8H,3-5H2,1-2H3. The van der Waals surface area contributed by atoms with Crippen molar-refractivity contribution in [1.82, 2.24) is 4.72 Å². The van der Waals surface area contributed by atoms with Crippen LogP contribution in [0.4, 0.5) is 0 Å². The van der Waals surface area contributed by atoms with Crippen LogP contribution in [0.5, 0.6) is 0 Å². The van der Waals surface area contributed by atoms with E-state index in [9.17, 15) is 8.42 Å². The first-order valence-electron chi connectivity index (χ1n) is 3.58. The van der Waals surface area contributed by atoms with E-state index in [0.29, 0.717) is 11.8 Å². The lowest BCUT2D eigenvalue weighted by molar-refractivity contribution is 0.583. The first kappa shape index (κ1) is 12.6. The highest BCUT2D eigenvalue weighted by Crippen LogP contribution is 2.08. The van der Waals surface area contributed by atoms with Crippen LogP contribution >= 0.6 is 23.4 Å². The van der Waals surface area contributed by atoms with Gasteiger partial charge in [-0.25, -0.2) is 13.1 Å². The maximum absolute atomic E-state index is 10.8. The van der Waals surface area contributed by atoms with Crippen molar-refractivity contribution in [3.05, 3.63) is 0 Å². The van der Waals surface area contributed by atoms with Crippen molar-refractivity contribution in [3.63, 3.8) is 0 Å². The van der Waals surface area contributed by atoms with Gasteiger partial charge >= 0.3 is 0 Å². The van der Waals surface area contributed by atoms with Crippen LogP contribution in [-0.2, 0) is 10.0 Å². The molecule has 1 unspecified atom stereocenters. The van der Waals surface area contributed by atoms with Gasteiger partial charge in [0.25, 0.3) is 0 Å². The second kappa shape index (κ2) is 6.07. The molecule has 0 saturated carbocycles. The molecule has 74 valence electrons. The number of alkyl halides is 1. The van der Waals surface area contributed by atoms with Gasteiger partial charge in [0.05, 0.1) is 0 Å². The van der Waals surface area contributed by atoms with Crippen LogP contribution in [0.15, 0.2) is 0 Å². The Hall–Kier alpha value is 0.550. The van der Waals surface area contributed by atoms with E-state index < -0.39 is 10.0 Å². The van der Waals surface area contributed by atoms with Crippen LogP contribution in [0.3, 0.4) is 0 Å². The predicted molar refractivity (Wildman–Crippen MR) is 55.2 cm³/mol. The van der Waals surface area contributed by atoms with Crippen LogP contribution in [0, 0.1) is 0 Å². The van der Waals surface area contributed by atoms with Crippen molar-refractivity contribution in [3.8, 4) is 0 Å². The van der Waals surface area contributed by atoms with E-state index in [1.807, 2.05) is 6.26 Å². The summed E-state index contributed by atoms with van der Waals surface area (Å²) in [7, 11) is -3.22. The molecule has 0 aromatic carbocycles. The molecule has 0 aliphatic heterocycles. The van der Waals surface area contributed by atoms with Crippen LogP contribution in [0.2, 0.25) is 0 Å². The summed E-state index contributed by atoms with van der Waals surface area (Å²) >= 11 is 6.90. The molecule has 0 spiro atoms. The lowest BCUT2D eigenvalue weighted by atomic mass is 10.3. The highest BCUT2D eigenvalue weighted by atomic mass is 35.5. The Balaban J connectivity index is 3.57. The number of halogens is 1. The largest absolute Gasteiger partial charge is 0.225 e. The first-order chi connectivity index (χ1) is 5.52. The van der Waals surface area contributed by atoms with Gasteiger partial charge in [0.15, 0.2) is 0 Å². The molecule has 0 heterocycles. The Bertz CT molecular complexity index is 206. The first-order valence-corrected chi connectivity index (χ1v) is 7.05. The minimum absolute atomic E-state index is 0.360. The molecule has 0 bridgehead atoms. The van der Waals surface area contributed by atoms with E-state index in [2.05, 4.69) is 11.6 Å². The molecule has 1 N–H and O–H groups in total. The molecule has 3 nitrogen and oxygen atoms in total. The maximum Gasteiger partial charge on any atom is 0.225 e. The van der Waals surface area contributed by atoms with Crippen LogP contribution in [-0.4, -0.2) is 31.7 Å². The van der Waals surface area contributed by atoms with Gasteiger partial charge in [-0.3, -0.25) is 0 Å². The summed E-state index contributed by atoms with van der Waals surface area (Å²) in [5.74, 6) is 0. The van der Waals surface area contributed by atoms with Gasteiger partial charge in [-0.15, -0.1) is 11.6 Å². The smallest absolute Gasteiger partial charge is 0.214 e. The fourth-order valence-corrected chi connectivity index (χ4v) is 1.67. The summed E-state index contributed by atoms with van der Waals surface area (Å²) in [6.45, 7) is 2.52. The maximum atomic E-state index is 10.8. The van der Waals surface area contributed by atoms with Gasteiger partial charge in [-0.05, 0) is 12.7 Å². The molecule has 0 rings (SSSR count). The number of nitrogens with one attached hydrogen (secondary N) is 1. The quantitative estimate of drug-likeness (QED) is 0.700. The number of thioether (sulfide) groups is 1. The highest BCUT2D eigenvalue weighted by molar-refractivity contribution is 7.99. The molecular weight excluding hydrogens is 218 g/mol. The minimum atomic E-state index is -3.22. The highest BCUT2D eigenvalue weighted by Gasteiger charge is 2.07. The zero-order valence-electron chi connectivity index (χ0n) is 7.21. The lowest BCUT2D eigenvalue weighted by Crippen LogP contribution is -2.26. The number of hydrogen-bond donors (Lipinski definition) is 1. The van der Waals surface area contributed by atoms with Gasteiger partial charge in [-0.2, -0.15) is 11.8 Å². The molecule has 0 aromatic rings. The molecule has 0 radical (unpaired) electrons. The van der Waals surface area contributed by atoms with Gasteiger partial charge in [0, 0.05) is 11.8 Å². The number of hydrogen-bond acceptors (Lipinski definition) is 3. The lowest BCUT2D eigenvalue weighted by Gasteiger charge is -2.07. The third-order valence-corrected chi connectivity index (χ3v) is 4.25. The van der Waals surface area contributed by atoms with Crippen LogP contribution < -0.4 is 4.72 Å². The number of sulfonamides is 1. The Morgan fingerprint density at radius 1 is 1.58 bits per heavy atom.